The first-order valence-electron chi connectivity index (χ1n) is 8.80. The predicted octanol–water partition coefficient (Wildman–Crippen LogP) is 2.66. The number of rotatable bonds is 6. The van der Waals surface area contributed by atoms with Crippen LogP contribution >= 0.6 is 0 Å². The molecule has 0 spiro atoms. The van der Waals surface area contributed by atoms with Gasteiger partial charge in [-0.3, -0.25) is 14.3 Å². The number of nitrogens with zero attached hydrogens (tertiary/aromatic N) is 3. The monoisotopic (exact) mass is 340 g/mol. The van der Waals surface area contributed by atoms with Gasteiger partial charge in [0.1, 0.15) is 0 Å². The lowest BCUT2D eigenvalue weighted by Gasteiger charge is -2.16. The molecule has 0 unspecified atom stereocenters. The van der Waals surface area contributed by atoms with Gasteiger partial charge in [-0.25, -0.2) is 0 Å². The number of aryl methyl sites for hydroxylation is 2. The fourth-order valence-electron chi connectivity index (χ4n) is 3.08. The van der Waals surface area contributed by atoms with Crippen molar-refractivity contribution >= 4 is 17.5 Å². The van der Waals surface area contributed by atoms with E-state index in [0.717, 1.165) is 42.9 Å². The minimum atomic E-state index is -0.112. The molecule has 1 aliphatic heterocycles. The van der Waals surface area contributed by atoms with Crippen molar-refractivity contribution in [2.24, 2.45) is 0 Å². The third-order valence-corrected chi connectivity index (χ3v) is 4.42. The van der Waals surface area contributed by atoms with Crippen LogP contribution in [0, 0.1) is 6.92 Å². The predicted molar refractivity (Wildman–Crippen MR) is 96.5 cm³/mol. The van der Waals surface area contributed by atoms with Crippen LogP contribution in [0.3, 0.4) is 0 Å². The first kappa shape index (κ1) is 17.2. The highest BCUT2D eigenvalue weighted by Gasteiger charge is 2.21. The molecule has 1 aromatic heterocycles. The van der Waals surface area contributed by atoms with Crippen LogP contribution in [0.2, 0.25) is 0 Å². The van der Waals surface area contributed by atoms with Gasteiger partial charge >= 0.3 is 0 Å². The molecule has 6 heteroatoms. The second-order valence-electron chi connectivity index (χ2n) is 6.39. The van der Waals surface area contributed by atoms with Gasteiger partial charge in [0.2, 0.25) is 5.91 Å². The minimum absolute atomic E-state index is 0.112. The summed E-state index contributed by atoms with van der Waals surface area (Å²) in [6.07, 6.45) is 4.33. The van der Waals surface area contributed by atoms with Crippen molar-refractivity contribution in [3.63, 3.8) is 0 Å². The fraction of sp³-hybridized carbons (Fsp3) is 0.421. The number of carbonyl (C=O) groups is 2. The van der Waals surface area contributed by atoms with Gasteiger partial charge in [0.05, 0.1) is 11.3 Å². The Labute approximate surface area is 147 Å². The molecule has 6 nitrogen and oxygen atoms in total. The molecule has 2 aromatic rings. The van der Waals surface area contributed by atoms with E-state index < -0.39 is 0 Å². The van der Waals surface area contributed by atoms with Gasteiger partial charge in [0, 0.05) is 37.9 Å². The molecule has 0 atom stereocenters. The van der Waals surface area contributed by atoms with Gasteiger partial charge in [0.15, 0.2) is 0 Å². The molecular formula is C19H24N4O2. The molecule has 0 bridgehead atoms. The van der Waals surface area contributed by atoms with Crippen LogP contribution in [0.1, 0.15) is 47.8 Å². The van der Waals surface area contributed by atoms with E-state index in [1.807, 2.05) is 40.8 Å². The third kappa shape index (κ3) is 3.90. The summed E-state index contributed by atoms with van der Waals surface area (Å²) in [6, 6.07) is 7.79. The summed E-state index contributed by atoms with van der Waals surface area (Å²) >= 11 is 0. The van der Waals surface area contributed by atoms with E-state index in [2.05, 4.69) is 17.3 Å². The zero-order valence-electron chi connectivity index (χ0n) is 14.8. The second kappa shape index (κ2) is 7.51. The van der Waals surface area contributed by atoms with E-state index in [4.69, 9.17) is 0 Å². The number of anilines is 1. The number of hydrogen-bond acceptors (Lipinski definition) is 3. The van der Waals surface area contributed by atoms with Gasteiger partial charge in [-0.2, -0.15) is 5.10 Å². The van der Waals surface area contributed by atoms with Crippen molar-refractivity contribution < 1.29 is 9.59 Å². The molecule has 2 heterocycles. The molecule has 1 N–H and O–H groups in total. The number of aromatic nitrogens is 2. The van der Waals surface area contributed by atoms with Crippen molar-refractivity contribution in [2.75, 3.05) is 11.4 Å². The summed E-state index contributed by atoms with van der Waals surface area (Å²) in [6.45, 7) is 5.98. The maximum Gasteiger partial charge on any atom is 0.255 e. The summed E-state index contributed by atoms with van der Waals surface area (Å²) in [5, 5.41) is 7.29. The maximum atomic E-state index is 12.4. The third-order valence-electron chi connectivity index (χ3n) is 4.42. The van der Waals surface area contributed by atoms with Gasteiger partial charge < -0.3 is 10.2 Å². The highest BCUT2D eigenvalue weighted by molar-refractivity contribution is 5.95. The molecule has 1 fully saturated rings. The molecule has 132 valence electrons. The number of benzene rings is 1. The second-order valence-corrected chi connectivity index (χ2v) is 6.39. The molecule has 25 heavy (non-hydrogen) atoms. The van der Waals surface area contributed by atoms with Crippen LogP contribution in [0.25, 0.3) is 0 Å². The van der Waals surface area contributed by atoms with Crippen LogP contribution in [0.4, 0.5) is 5.69 Å². The van der Waals surface area contributed by atoms with Crippen molar-refractivity contribution in [2.45, 2.75) is 46.2 Å². The zero-order chi connectivity index (χ0) is 17.8. The van der Waals surface area contributed by atoms with Crippen LogP contribution in [0.5, 0.6) is 0 Å². The molecular weight excluding hydrogens is 316 g/mol. The summed E-state index contributed by atoms with van der Waals surface area (Å²) in [7, 11) is 0. The van der Waals surface area contributed by atoms with Crippen LogP contribution in [-0.2, 0) is 17.9 Å². The highest BCUT2D eigenvalue weighted by atomic mass is 16.2. The SMILES string of the molecule is CCCn1cc(C(=O)NCc2ccc(N3CCCC3=O)cc2)c(C)n1. The Balaban J connectivity index is 1.59. The standard InChI is InChI=1S/C19H24N4O2/c1-3-10-22-13-17(14(2)21-22)19(25)20-12-15-6-8-16(9-7-15)23-11-4-5-18(23)24/h6-9,13H,3-5,10-12H2,1-2H3,(H,20,25). The lowest BCUT2D eigenvalue weighted by molar-refractivity contribution is -0.117. The molecule has 0 aliphatic carbocycles. The number of carbonyl (C=O) groups excluding carboxylic acids is 2. The zero-order valence-corrected chi connectivity index (χ0v) is 14.8. The fourth-order valence-corrected chi connectivity index (χ4v) is 3.08. The van der Waals surface area contributed by atoms with E-state index in [-0.39, 0.29) is 11.8 Å². The summed E-state index contributed by atoms with van der Waals surface area (Å²) in [4.78, 5) is 25.9. The lowest BCUT2D eigenvalue weighted by atomic mass is 10.2. The topological polar surface area (TPSA) is 67.2 Å². The van der Waals surface area contributed by atoms with E-state index >= 15 is 0 Å². The molecule has 1 aromatic carbocycles. The smallest absolute Gasteiger partial charge is 0.255 e. The first-order valence-corrected chi connectivity index (χ1v) is 8.80. The maximum absolute atomic E-state index is 12.4. The van der Waals surface area contributed by atoms with Crippen LogP contribution in [-0.4, -0.2) is 28.1 Å². The Morgan fingerprint density at radius 3 is 2.68 bits per heavy atom. The molecule has 0 radical (unpaired) electrons. The van der Waals surface area contributed by atoms with Gasteiger partial charge in [-0.15, -0.1) is 0 Å². The summed E-state index contributed by atoms with van der Waals surface area (Å²) in [5.74, 6) is 0.0688. The average Bonchev–Trinajstić information content (AvgIpc) is 3.19. The molecule has 2 amide bonds. The van der Waals surface area contributed by atoms with E-state index in [9.17, 15) is 9.59 Å². The lowest BCUT2D eigenvalue weighted by Crippen LogP contribution is -2.24. The van der Waals surface area contributed by atoms with Gasteiger partial charge in [-0.1, -0.05) is 19.1 Å². The summed E-state index contributed by atoms with van der Waals surface area (Å²) in [5.41, 5.74) is 3.29. The molecule has 0 saturated carbocycles. The first-order chi connectivity index (χ1) is 12.1. The average molecular weight is 340 g/mol. The van der Waals surface area contributed by atoms with E-state index in [1.54, 1.807) is 6.20 Å². The Hall–Kier alpha value is -2.63. The molecule has 1 aliphatic rings. The molecule has 1 saturated heterocycles. The molecule has 3 rings (SSSR count). The quantitative estimate of drug-likeness (QED) is 0.879. The Morgan fingerprint density at radius 1 is 1.28 bits per heavy atom. The number of nitrogens with one attached hydrogen (secondary N) is 1. The summed E-state index contributed by atoms with van der Waals surface area (Å²) < 4.78 is 1.81. The van der Waals surface area contributed by atoms with Crippen molar-refractivity contribution in [3.8, 4) is 0 Å². The number of amides is 2. The van der Waals surface area contributed by atoms with Crippen LogP contribution < -0.4 is 10.2 Å². The van der Waals surface area contributed by atoms with Crippen LogP contribution in [0.15, 0.2) is 30.5 Å². The Kier molecular flexibility index (Phi) is 5.16. The van der Waals surface area contributed by atoms with E-state index in [1.165, 1.54) is 0 Å². The van der Waals surface area contributed by atoms with Crippen molar-refractivity contribution in [1.29, 1.82) is 0 Å². The van der Waals surface area contributed by atoms with Crippen molar-refractivity contribution in [3.05, 3.63) is 47.3 Å². The van der Waals surface area contributed by atoms with Crippen molar-refractivity contribution in [1.82, 2.24) is 15.1 Å². The highest BCUT2D eigenvalue weighted by Crippen LogP contribution is 2.21. The Bertz CT molecular complexity index is 764. The minimum Gasteiger partial charge on any atom is -0.348 e. The van der Waals surface area contributed by atoms with E-state index in [0.29, 0.717) is 18.5 Å². The number of hydrogen-bond donors (Lipinski definition) is 1. The largest absolute Gasteiger partial charge is 0.348 e. The Morgan fingerprint density at radius 2 is 2.04 bits per heavy atom. The normalized spacial score (nSPS) is 14.2. The van der Waals surface area contributed by atoms with Gasteiger partial charge in [-0.05, 0) is 37.5 Å². The van der Waals surface area contributed by atoms with Gasteiger partial charge in [0.25, 0.3) is 5.91 Å².